The number of piperidine rings is 1. The Morgan fingerprint density at radius 3 is 2.33 bits per heavy atom. The minimum absolute atomic E-state index is 0.0749. The fourth-order valence-electron chi connectivity index (χ4n) is 7.18. The molecule has 3 aliphatic heterocycles. The largest absolute Gasteiger partial charge is 0.458 e. The Hall–Kier alpha value is -4.10. The lowest BCUT2D eigenvalue weighted by atomic mass is 9.98. The molecular weight excluding hydrogens is 610 g/mol. The van der Waals surface area contributed by atoms with Crippen molar-refractivity contribution < 1.29 is 19.1 Å². The van der Waals surface area contributed by atoms with Crippen LogP contribution in [0.25, 0.3) is 11.0 Å². The average Bonchev–Trinajstić information content (AvgIpc) is 3.59. The van der Waals surface area contributed by atoms with Crippen LogP contribution in [-0.4, -0.2) is 115 Å². The number of pyridine rings is 1. The zero-order valence-electron chi connectivity index (χ0n) is 29.4. The number of rotatable bonds is 6. The number of ether oxygens (including phenoxy) is 1. The van der Waals surface area contributed by atoms with Crippen LogP contribution in [0.4, 0.5) is 11.8 Å². The molecule has 3 saturated heterocycles. The Bertz CT molecular complexity index is 1680. The topological polar surface area (TPSA) is 138 Å². The molecule has 3 atom stereocenters. The molecule has 0 aliphatic carbocycles. The normalized spacial score (nSPS) is 22.2. The van der Waals surface area contributed by atoms with Gasteiger partial charge in [-0.1, -0.05) is 0 Å². The second-order valence-electron chi connectivity index (χ2n) is 15.5. The van der Waals surface area contributed by atoms with Crippen LogP contribution in [-0.2, 0) is 9.53 Å². The van der Waals surface area contributed by atoms with Crippen molar-refractivity contribution >= 4 is 40.6 Å². The third-order valence-corrected chi connectivity index (χ3v) is 9.55. The van der Waals surface area contributed by atoms with E-state index in [0.29, 0.717) is 35.2 Å². The number of likely N-dealkylation sites (tertiary alicyclic amines) is 2. The van der Waals surface area contributed by atoms with Gasteiger partial charge >= 0.3 is 5.97 Å². The summed E-state index contributed by atoms with van der Waals surface area (Å²) in [7, 11) is 3.52. The van der Waals surface area contributed by atoms with Gasteiger partial charge in [-0.2, -0.15) is 4.98 Å². The zero-order valence-corrected chi connectivity index (χ0v) is 29.4. The van der Waals surface area contributed by atoms with E-state index in [1.807, 2.05) is 26.8 Å². The number of amides is 2. The predicted octanol–water partition coefficient (Wildman–Crippen LogP) is 3.99. The van der Waals surface area contributed by atoms with Crippen LogP contribution < -0.4 is 10.6 Å². The lowest BCUT2D eigenvalue weighted by Crippen LogP contribution is -2.63. The molecule has 48 heavy (non-hydrogen) atoms. The Labute approximate surface area is 282 Å². The van der Waals surface area contributed by atoms with E-state index < -0.39 is 17.6 Å². The van der Waals surface area contributed by atoms with Crippen LogP contribution in [0.3, 0.4) is 0 Å². The van der Waals surface area contributed by atoms with Gasteiger partial charge in [-0.25, -0.2) is 14.8 Å². The molecule has 6 rings (SSSR count). The maximum atomic E-state index is 13.8. The van der Waals surface area contributed by atoms with Crippen LogP contribution in [0.15, 0.2) is 30.6 Å². The molecule has 0 radical (unpaired) electrons. The standard InChI is InChI=1S/C35H49N9O4/c1-34(2,3)42-15-13-24(14-16-42)44-26(31(46)41(7)8)17-22-19-37-33(40-29(22)44)39-27-12-9-21(18-36-27)30(45)43-20-23-10-11-25(38-23)28(43)32(47)48-35(4,5)6/h9,12,17-19,23-25,28,38H,10-11,13-16,20H2,1-8H3,(H,36,37,39,40). The summed E-state index contributed by atoms with van der Waals surface area (Å²) in [5.74, 6) is 0.0835. The highest BCUT2D eigenvalue weighted by molar-refractivity contribution is 5.98. The molecule has 2 amide bonds. The first kappa shape index (κ1) is 33.8. The van der Waals surface area contributed by atoms with E-state index in [1.54, 1.807) is 42.2 Å². The zero-order chi connectivity index (χ0) is 34.5. The molecule has 6 heterocycles. The molecular formula is C35H49N9O4. The SMILES string of the molecule is CN(C)C(=O)c1cc2cnc(Nc3ccc(C(=O)N4CC5CCC(N5)C4C(=O)OC(C)(C)C)cn3)nc2n1C1CCN(C(C)(C)C)CC1. The number of esters is 1. The van der Waals surface area contributed by atoms with E-state index in [4.69, 9.17) is 9.72 Å². The van der Waals surface area contributed by atoms with Gasteiger partial charge in [-0.05, 0) is 85.4 Å². The molecule has 3 aromatic heterocycles. The van der Waals surface area contributed by atoms with Crippen molar-refractivity contribution in [3.8, 4) is 0 Å². The number of carbonyl (C=O) groups is 3. The molecule has 0 spiro atoms. The summed E-state index contributed by atoms with van der Waals surface area (Å²) in [6, 6.07) is 4.72. The lowest BCUT2D eigenvalue weighted by Gasteiger charge is -2.41. The van der Waals surface area contributed by atoms with Crippen molar-refractivity contribution in [1.82, 2.24) is 39.5 Å². The smallest absolute Gasteiger partial charge is 0.331 e. The molecule has 3 aromatic rings. The second kappa shape index (κ2) is 12.7. The highest BCUT2D eigenvalue weighted by Crippen LogP contribution is 2.33. The molecule has 3 fully saturated rings. The highest BCUT2D eigenvalue weighted by Gasteiger charge is 2.47. The third kappa shape index (κ3) is 6.88. The van der Waals surface area contributed by atoms with Crippen LogP contribution in [0.2, 0.25) is 0 Å². The summed E-state index contributed by atoms with van der Waals surface area (Å²) in [6.07, 6.45) is 6.77. The van der Waals surface area contributed by atoms with E-state index >= 15 is 0 Å². The summed E-state index contributed by atoms with van der Waals surface area (Å²) in [5, 5.41) is 7.45. The van der Waals surface area contributed by atoms with Gasteiger partial charge in [0, 0.05) is 75.2 Å². The Morgan fingerprint density at radius 1 is 0.979 bits per heavy atom. The lowest BCUT2D eigenvalue weighted by molar-refractivity contribution is -0.162. The number of nitrogens with zero attached hydrogens (tertiary/aromatic N) is 7. The molecule has 3 aliphatic rings. The first-order valence-electron chi connectivity index (χ1n) is 17.0. The van der Waals surface area contributed by atoms with Crippen LogP contribution >= 0.6 is 0 Å². The fourth-order valence-corrected chi connectivity index (χ4v) is 7.18. The van der Waals surface area contributed by atoms with Gasteiger partial charge in [0.2, 0.25) is 5.95 Å². The molecule has 0 aromatic carbocycles. The Balaban J connectivity index is 1.22. The van der Waals surface area contributed by atoms with E-state index in [-0.39, 0.29) is 35.5 Å². The van der Waals surface area contributed by atoms with Crippen molar-refractivity contribution in [2.75, 3.05) is 39.0 Å². The summed E-state index contributed by atoms with van der Waals surface area (Å²) >= 11 is 0. The van der Waals surface area contributed by atoms with Crippen molar-refractivity contribution in [2.24, 2.45) is 0 Å². The maximum absolute atomic E-state index is 13.8. The fraction of sp³-hybridized carbons (Fsp3) is 0.600. The van der Waals surface area contributed by atoms with E-state index in [2.05, 4.69) is 50.8 Å². The minimum atomic E-state index is -0.699. The van der Waals surface area contributed by atoms with Crippen molar-refractivity contribution in [1.29, 1.82) is 0 Å². The van der Waals surface area contributed by atoms with Gasteiger partial charge in [-0.15, -0.1) is 0 Å². The maximum Gasteiger partial charge on any atom is 0.331 e. The summed E-state index contributed by atoms with van der Waals surface area (Å²) in [4.78, 5) is 59.9. The van der Waals surface area contributed by atoms with Crippen molar-refractivity contribution in [3.05, 3.63) is 41.9 Å². The van der Waals surface area contributed by atoms with Crippen molar-refractivity contribution in [2.45, 2.75) is 103 Å². The Kier molecular flexibility index (Phi) is 8.97. The van der Waals surface area contributed by atoms with Gasteiger partial charge in [0.05, 0.1) is 5.56 Å². The molecule has 13 nitrogen and oxygen atoms in total. The van der Waals surface area contributed by atoms with Gasteiger partial charge in [0.25, 0.3) is 11.8 Å². The highest BCUT2D eigenvalue weighted by atomic mass is 16.6. The monoisotopic (exact) mass is 659 g/mol. The molecule has 2 N–H and O–H groups in total. The van der Waals surface area contributed by atoms with E-state index in [1.165, 1.54) is 6.20 Å². The molecule has 258 valence electrons. The molecule has 13 heteroatoms. The summed E-state index contributed by atoms with van der Waals surface area (Å²) < 4.78 is 7.80. The van der Waals surface area contributed by atoms with Gasteiger partial charge in [-0.3, -0.25) is 14.5 Å². The number of anilines is 2. The molecule has 3 unspecified atom stereocenters. The molecule has 2 bridgehead atoms. The van der Waals surface area contributed by atoms with E-state index in [9.17, 15) is 14.4 Å². The molecule has 0 saturated carbocycles. The number of fused-ring (bicyclic) bond motifs is 3. The van der Waals surface area contributed by atoms with Gasteiger partial charge < -0.3 is 29.7 Å². The average molecular weight is 660 g/mol. The third-order valence-electron chi connectivity index (χ3n) is 9.55. The van der Waals surface area contributed by atoms with Crippen LogP contribution in [0.1, 0.15) is 94.1 Å². The first-order chi connectivity index (χ1) is 22.6. The Morgan fingerprint density at radius 2 is 1.71 bits per heavy atom. The summed E-state index contributed by atoms with van der Waals surface area (Å²) in [6.45, 7) is 14.5. The van der Waals surface area contributed by atoms with Crippen LogP contribution in [0.5, 0.6) is 0 Å². The number of aromatic nitrogens is 4. The summed E-state index contributed by atoms with van der Waals surface area (Å²) in [5.41, 5.74) is 1.11. The van der Waals surface area contributed by atoms with Crippen LogP contribution in [0, 0.1) is 0 Å². The number of nitrogens with one attached hydrogen (secondary N) is 2. The minimum Gasteiger partial charge on any atom is -0.458 e. The quantitative estimate of drug-likeness (QED) is 0.374. The number of piperazine rings is 1. The van der Waals surface area contributed by atoms with E-state index in [0.717, 1.165) is 44.2 Å². The number of hydrogen-bond acceptors (Lipinski definition) is 10. The number of hydrogen-bond donors (Lipinski definition) is 2. The first-order valence-corrected chi connectivity index (χ1v) is 17.0. The second-order valence-corrected chi connectivity index (χ2v) is 15.5. The van der Waals surface area contributed by atoms with Gasteiger partial charge in [0.15, 0.2) is 0 Å². The van der Waals surface area contributed by atoms with Gasteiger partial charge in [0.1, 0.15) is 28.8 Å². The predicted molar refractivity (Wildman–Crippen MR) is 183 cm³/mol. The van der Waals surface area contributed by atoms with Crippen molar-refractivity contribution in [3.63, 3.8) is 0 Å². The number of carbonyl (C=O) groups excluding carboxylic acids is 3.